The summed E-state index contributed by atoms with van der Waals surface area (Å²) >= 11 is 0. The summed E-state index contributed by atoms with van der Waals surface area (Å²) in [5.41, 5.74) is 0. The van der Waals surface area contributed by atoms with Crippen molar-refractivity contribution in [2.24, 2.45) is 23.7 Å². The van der Waals surface area contributed by atoms with E-state index in [0.29, 0.717) is 31.6 Å². The SMILES string of the molecule is CC(C)CCCCCCCCCCCCCCCCCCCCC(=O)OC[C@H](COP(=O)(O)OCC(O)COP(=O)(O)OC[C@@H](COC(=O)CCCCCCCCCC(C)C)OC(=O)CCCCCCCCCCCCCCCC(C)C)OC(=O)CCCCCCCCCCCC(C)C. The van der Waals surface area contributed by atoms with E-state index in [1.807, 2.05) is 0 Å². The van der Waals surface area contributed by atoms with E-state index in [2.05, 4.69) is 55.4 Å². The number of esters is 4. The highest BCUT2D eigenvalue weighted by Crippen LogP contribution is 2.45. The quantitative estimate of drug-likeness (QED) is 0.0222. The monoisotopic (exact) mass is 1450 g/mol. The molecule has 17 nitrogen and oxygen atoms in total. The molecular formula is C80H156O17P2. The zero-order valence-corrected chi connectivity index (χ0v) is 66.9. The molecule has 0 aromatic rings. The van der Waals surface area contributed by atoms with Crippen molar-refractivity contribution in [1.29, 1.82) is 0 Å². The van der Waals surface area contributed by atoms with Gasteiger partial charge in [0.2, 0.25) is 0 Å². The maximum absolute atomic E-state index is 13.1. The average molecular weight is 1450 g/mol. The molecule has 0 rings (SSSR count). The van der Waals surface area contributed by atoms with Gasteiger partial charge in [-0.1, -0.05) is 357 Å². The summed E-state index contributed by atoms with van der Waals surface area (Å²) in [6.45, 7) is 14.2. The molecule has 0 aliphatic heterocycles. The van der Waals surface area contributed by atoms with E-state index in [1.54, 1.807) is 0 Å². The van der Waals surface area contributed by atoms with E-state index in [9.17, 15) is 43.2 Å². The van der Waals surface area contributed by atoms with Gasteiger partial charge in [-0.25, -0.2) is 9.13 Å². The summed E-state index contributed by atoms with van der Waals surface area (Å²) in [7, 11) is -9.92. The van der Waals surface area contributed by atoms with Gasteiger partial charge in [-0.2, -0.15) is 0 Å². The first-order chi connectivity index (χ1) is 47.6. The molecule has 19 heteroatoms. The lowest BCUT2D eigenvalue weighted by atomic mass is 10.0. The van der Waals surface area contributed by atoms with Gasteiger partial charge in [0.25, 0.3) is 0 Å². The predicted octanol–water partition coefficient (Wildman–Crippen LogP) is 23.6. The maximum Gasteiger partial charge on any atom is 0.472 e. The van der Waals surface area contributed by atoms with Gasteiger partial charge in [-0.3, -0.25) is 37.3 Å². The summed E-state index contributed by atoms with van der Waals surface area (Å²) in [6, 6.07) is 0. The molecule has 588 valence electrons. The van der Waals surface area contributed by atoms with Gasteiger partial charge >= 0.3 is 39.5 Å². The Morgan fingerprint density at radius 2 is 0.424 bits per heavy atom. The lowest BCUT2D eigenvalue weighted by Gasteiger charge is -2.21. The molecular weight excluding hydrogens is 1290 g/mol. The number of ether oxygens (including phenoxy) is 4. The fraction of sp³-hybridized carbons (Fsp3) is 0.950. The summed E-state index contributed by atoms with van der Waals surface area (Å²) < 4.78 is 68.6. The summed E-state index contributed by atoms with van der Waals surface area (Å²) in [5.74, 6) is 0.933. The Balaban J connectivity index is 5.18. The number of aliphatic hydroxyl groups excluding tert-OH is 1. The van der Waals surface area contributed by atoms with E-state index in [0.717, 1.165) is 114 Å². The summed E-state index contributed by atoms with van der Waals surface area (Å²) in [4.78, 5) is 72.9. The van der Waals surface area contributed by atoms with Crippen LogP contribution in [-0.2, 0) is 65.4 Å². The lowest BCUT2D eigenvalue weighted by molar-refractivity contribution is -0.161. The Labute approximate surface area is 607 Å². The zero-order valence-electron chi connectivity index (χ0n) is 65.1. The molecule has 0 fully saturated rings. The minimum absolute atomic E-state index is 0.105. The van der Waals surface area contributed by atoms with Crippen LogP contribution in [0.2, 0.25) is 0 Å². The van der Waals surface area contributed by atoms with Crippen molar-refractivity contribution in [3.05, 3.63) is 0 Å². The van der Waals surface area contributed by atoms with Crippen molar-refractivity contribution in [1.82, 2.24) is 0 Å². The lowest BCUT2D eigenvalue weighted by Crippen LogP contribution is -2.30. The number of unbranched alkanes of at least 4 members (excludes halogenated alkanes) is 43. The Bertz CT molecular complexity index is 1940. The molecule has 0 spiro atoms. The van der Waals surface area contributed by atoms with Gasteiger partial charge in [0.15, 0.2) is 12.2 Å². The number of carbonyl (C=O) groups excluding carboxylic acids is 4. The van der Waals surface area contributed by atoms with Crippen LogP contribution < -0.4 is 0 Å². The molecule has 0 radical (unpaired) electrons. The van der Waals surface area contributed by atoms with Crippen molar-refractivity contribution in [3.8, 4) is 0 Å². The normalized spacial score (nSPS) is 14.1. The standard InChI is InChI=1S/C80H156O17P2/c1-70(2)56-48-40-32-25-20-16-13-11-9-10-12-14-18-22-28-36-44-52-60-77(82)90-66-75(97-80(85)63-55-47-38-30-24-27-34-42-50-58-72(5)6)68-94-98(86,87)92-64-74(81)65-93-99(88,89)95-69-76(67-91-78(83)61-53-45-39-31-35-43-51-59-73(7)8)96-79(84)62-54-46-37-29-23-19-15-17-21-26-33-41-49-57-71(3)4/h70-76,81H,9-69H2,1-8H3,(H,86,87)(H,88,89)/t74?,75-,76-/m1/s1. The van der Waals surface area contributed by atoms with Gasteiger partial charge in [0, 0.05) is 25.7 Å². The fourth-order valence-corrected chi connectivity index (χ4v) is 13.8. The number of hydrogen-bond donors (Lipinski definition) is 3. The van der Waals surface area contributed by atoms with Crippen LogP contribution >= 0.6 is 15.6 Å². The van der Waals surface area contributed by atoms with E-state index in [4.69, 9.17) is 37.0 Å². The Hall–Kier alpha value is -1.94. The molecule has 0 aliphatic rings. The van der Waals surface area contributed by atoms with Gasteiger partial charge < -0.3 is 33.8 Å². The number of phosphoric acid groups is 2. The van der Waals surface area contributed by atoms with Crippen LogP contribution in [0, 0.1) is 23.7 Å². The molecule has 0 saturated heterocycles. The largest absolute Gasteiger partial charge is 0.472 e. The number of phosphoric ester groups is 2. The first-order valence-electron chi connectivity index (χ1n) is 41.2. The van der Waals surface area contributed by atoms with Gasteiger partial charge in [-0.05, 0) is 49.4 Å². The highest BCUT2D eigenvalue weighted by molar-refractivity contribution is 7.47. The number of aliphatic hydroxyl groups is 1. The van der Waals surface area contributed by atoms with Crippen LogP contribution in [0.4, 0.5) is 0 Å². The van der Waals surface area contributed by atoms with E-state index in [-0.39, 0.29) is 25.7 Å². The molecule has 0 saturated carbocycles. The number of carbonyl (C=O) groups is 4. The van der Waals surface area contributed by atoms with Crippen LogP contribution in [0.5, 0.6) is 0 Å². The van der Waals surface area contributed by atoms with Crippen LogP contribution in [0.25, 0.3) is 0 Å². The second-order valence-electron chi connectivity index (χ2n) is 30.7. The second kappa shape index (κ2) is 69.1. The van der Waals surface area contributed by atoms with E-state index >= 15 is 0 Å². The van der Waals surface area contributed by atoms with Crippen LogP contribution in [-0.4, -0.2) is 96.7 Å². The zero-order chi connectivity index (χ0) is 73.1. The third kappa shape index (κ3) is 74.1. The molecule has 0 aromatic heterocycles. The number of hydrogen-bond acceptors (Lipinski definition) is 15. The molecule has 0 aliphatic carbocycles. The molecule has 99 heavy (non-hydrogen) atoms. The minimum atomic E-state index is -4.96. The highest BCUT2D eigenvalue weighted by atomic mass is 31.2. The molecule has 3 unspecified atom stereocenters. The maximum atomic E-state index is 13.1. The highest BCUT2D eigenvalue weighted by Gasteiger charge is 2.30. The van der Waals surface area contributed by atoms with Crippen molar-refractivity contribution in [3.63, 3.8) is 0 Å². The minimum Gasteiger partial charge on any atom is -0.462 e. The Morgan fingerprint density at radius 1 is 0.253 bits per heavy atom. The van der Waals surface area contributed by atoms with Crippen LogP contribution in [0.15, 0.2) is 0 Å². The third-order valence-electron chi connectivity index (χ3n) is 18.6. The number of rotatable bonds is 77. The average Bonchev–Trinajstić information content (AvgIpc) is 1.22. The molecule has 3 N–H and O–H groups in total. The van der Waals surface area contributed by atoms with E-state index < -0.39 is 97.5 Å². The summed E-state index contributed by atoms with van der Waals surface area (Å²) in [6.07, 6.45) is 55.7. The predicted molar refractivity (Wildman–Crippen MR) is 404 cm³/mol. The van der Waals surface area contributed by atoms with E-state index in [1.165, 1.54) is 205 Å². The third-order valence-corrected chi connectivity index (χ3v) is 20.5. The molecule has 0 bridgehead atoms. The van der Waals surface area contributed by atoms with Crippen molar-refractivity contribution < 1.29 is 80.2 Å². The van der Waals surface area contributed by atoms with Gasteiger partial charge in [0.1, 0.15) is 19.3 Å². The molecule has 0 aromatic carbocycles. The van der Waals surface area contributed by atoms with Gasteiger partial charge in [0.05, 0.1) is 26.4 Å². The smallest absolute Gasteiger partial charge is 0.462 e. The second-order valence-corrected chi connectivity index (χ2v) is 33.6. The first-order valence-corrected chi connectivity index (χ1v) is 44.2. The van der Waals surface area contributed by atoms with Crippen molar-refractivity contribution in [2.45, 2.75) is 427 Å². The molecule has 0 heterocycles. The van der Waals surface area contributed by atoms with Crippen LogP contribution in [0.1, 0.15) is 409 Å². The van der Waals surface area contributed by atoms with Crippen LogP contribution in [0.3, 0.4) is 0 Å². The first kappa shape index (κ1) is 97.1. The topological polar surface area (TPSA) is 237 Å². The molecule has 5 atom stereocenters. The summed E-state index contributed by atoms with van der Waals surface area (Å²) in [5, 5.41) is 10.6. The van der Waals surface area contributed by atoms with Crippen molar-refractivity contribution >= 4 is 39.5 Å². The fourth-order valence-electron chi connectivity index (χ4n) is 12.3. The van der Waals surface area contributed by atoms with Gasteiger partial charge in [-0.15, -0.1) is 0 Å². The van der Waals surface area contributed by atoms with Crippen molar-refractivity contribution in [2.75, 3.05) is 39.6 Å². The molecule has 0 amide bonds. The Kier molecular flexibility index (Phi) is 67.8. The Morgan fingerprint density at radius 3 is 0.626 bits per heavy atom.